The van der Waals surface area contributed by atoms with E-state index in [0.29, 0.717) is 61.9 Å². The smallest absolute Gasteiger partial charge is 0.408 e. The molecule has 504 valence electrons. The summed E-state index contributed by atoms with van der Waals surface area (Å²) >= 11 is 0. The third-order valence-electron chi connectivity index (χ3n) is 17.2. The second-order valence-corrected chi connectivity index (χ2v) is 28.6. The number of benzene rings is 3. The van der Waals surface area contributed by atoms with E-state index in [4.69, 9.17) is 10.5 Å². The van der Waals surface area contributed by atoms with Crippen molar-refractivity contribution in [3.05, 3.63) is 113 Å². The molecule has 92 heavy (non-hydrogen) atoms. The van der Waals surface area contributed by atoms with Crippen molar-refractivity contribution in [1.29, 1.82) is 0 Å². The quantitative estimate of drug-likeness (QED) is 0.0168. The van der Waals surface area contributed by atoms with Crippen molar-refractivity contribution < 1.29 is 61.1 Å². The van der Waals surface area contributed by atoms with Gasteiger partial charge < -0.3 is 47.3 Å². The van der Waals surface area contributed by atoms with Crippen molar-refractivity contribution in [2.45, 2.75) is 188 Å². The second kappa shape index (κ2) is 33.0. The number of nitrogens with zero attached hydrogens (tertiary/aromatic N) is 2. The van der Waals surface area contributed by atoms with E-state index < -0.39 is 86.2 Å². The molecule has 10 amide bonds. The van der Waals surface area contributed by atoms with Crippen LogP contribution in [0.5, 0.6) is 0 Å². The third-order valence-corrected chi connectivity index (χ3v) is 18.4. The minimum absolute atomic E-state index is 0.0704. The Morgan fingerprint density at radius 3 is 1.99 bits per heavy atom. The number of ether oxygens (including phenoxy) is 1. The van der Waals surface area contributed by atoms with Gasteiger partial charge in [0.2, 0.25) is 45.5 Å². The largest absolute Gasteiger partial charge is 0.445 e. The molecule has 23 nitrogen and oxygen atoms in total. The monoisotopic (exact) mass is 1290 g/mol. The maximum atomic E-state index is 14.4. The first-order valence-corrected chi connectivity index (χ1v) is 33.4. The molecule has 0 bridgehead atoms. The summed E-state index contributed by atoms with van der Waals surface area (Å²) in [6.07, 6.45) is 4.40. The average Bonchev–Trinajstić information content (AvgIpc) is 1.55. The van der Waals surface area contributed by atoms with Crippen molar-refractivity contribution in [2.75, 3.05) is 32.5 Å². The Balaban J connectivity index is 1.11. The molecule has 1 aliphatic carbocycles. The number of likely N-dealkylation sites (N-methyl/N-ethyl adjacent to an activating group) is 2. The van der Waals surface area contributed by atoms with Crippen LogP contribution in [0.2, 0.25) is 0 Å². The third kappa shape index (κ3) is 21.6. The molecule has 1 heterocycles. The molecule has 1 saturated carbocycles. The van der Waals surface area contributed by atoms with Crippen LogP contribution in [0.15, 0.2) is 90.5 Å². The number of imide groups is 1. The van der Waals surface area contributed by atoms with Crippen LogP contribution in [0.25, 0.3) is 0 Å². The number of anilines is 1. The second-order valence-electron chi connectivity index (χ2n) is 26.9. The van der Waals surface area contributed by atoms with Gasteiger partial charge in [0.25, 0.3) is 5.91 Å². The highest BCUT2D eigenvalue weighted by Crippen LogP contribution is 2.45. The first-order valence-electron chi connectivity index (χ1n) is 31.8. The standard InChI is InChI=1S/C68H98N10O13S/c1-42(2)52(77(13)63(86)58(66(7,8)9)74-61(84)57(70-12)67(10,11)49-22-16-14-17-23-49)37-44(5)59(82)76-92(89,90)41-47-25-29-50(30-26-47)68(33-34-68)75-65(88)91-40-46-27-31-51(32-28-46)72-60(83)48(21-20-35-71-64(69)87)39-53(79)56(43(3)4)73-54(80)24-18-15-19-36-78-55(81)38-45(6)62(78)85/h14,16-17,22-23,25-32,37,42-43,45,48,52,56-58,70H,15,18-21,24,33-36,38-41H2,1-13H3,(H,72,83)(H,73,80)(H,74,84)(H,75,88)(H,76,82)(H3,69,71,87)/b44-37+/t45?,48-,52-,56+,57-,58-/m1/s1. The summed E-state index contributed by atoms with van der Waals surface area (Å²) < 4.78 is 34.7. The molecule has 6 atom stereocenters. The molecule has 0 radical (unpaired) electrons. The van der Waals surface area contributed by atoms with Crippen LogP contribution in [-0.4, -0.2) is 129 Å². The molecule has 1 saturated heterocycles. The van der Waals surface area contributed by atoms with Gasteiger partial charge in [-0.05, 0) is 104 Å². The number of sulfonamides is 1. The fourth-order valence-electron chi connectivity index (χ4n) is 11.4. The lowest BCUT2D eigenvalue weighted by molar-refractivity contribution is -0.141. The zero-order valence-electron chi connectivity index (χ0n) is 55.8. The van der Waals surface area contributed by atoms with Crippen LogP contribution in [0, 0.1) is 29.1 Å². The van der Waals surface area contributed by atoms with Gasteiger partial charge in [0.15, 0.2) is 5.78 Å². The number of rotatable bonds is 34. The van der Waals surface area contributed by atoms with Gasteiger partial charge in [-0.15, -0.1) is 0 Å². The summed E-state index contributed by atoms with van der Waals surface area (Å²) in [7, 11) is -0.923. The molecule has 1 unspecified atom stereocenters. The molecule has 1 aliphatic heterocycles. The summed E-state index contributed by atoms with van der Waals surface area (Å²) in [5.74, 6) is -5.28. The number of carbonyl (C=O) groups excluding carboxylic acids is 10. The predicted octanol–water partition coefficient (Wildman–Crippen LogP) is 7.13. The summed E-state index contributed by atoms with van der Waals surface area (Å²) in [6.45, 7) is 20.4. The Morgan fingerprint density at radius 1 is 0.804 bits per heavy atom. The maximum Gasteiger partial charge on any atom is 0.408 e. The molecular formula is C68H98N10O13S. The van der Waals surface area contributed by atoms with Crippen molar-refractivity contribution >= 4 is 75.0 Å². The summed E-state index contributed by atoms with van der Waals surface area (Å²) in [5, 5.41) is 17.3. The SMILES string of the molecule is CN[C@H](C(=O)N[C@H](C(=O)N(C)[C@H](/C=C(\C)C(=O)NS(=O)(=O)Cc1ccc(C2(NC(=O)OCc3ccc(NC(=O)[C@H](CCCNC(N)=O)CC(=O)[C@@H](NC(=O)CCCCCN4C(=O)CC(C)C4=O)C(C)C)cc3)CC2)cc1)C(C)C)C(C)(C)C)C(C)(C)c1ccccc1. The number of carbonyl (C=O) groups is 10. The number of primary amides is 1. The van der Waals surface area contributed by atoms with Crippen LogP contribution in [0.4, 0.5) is 15.3 Å². The number of likely N-dealkylation sites (tertiary alicyclic amines) is 1. The first-order chi connectivity index (χ1) is 43.1. The van der Waals surface area contributed by atoms with Crippen LogP contribution >= 0.6 is 0 Å². The van der Waals surface area contributed by atoms with Crippen molar-refractivity contribution in [2.24, 2.45) is 34.8 Å². The van der Waals surface area contributed by atoms with E-state index in [9.17, 15) is 56.4 Å². The highest BCUT2D eigenvalue weighted by Gasteiger charge is 2.47. The number of nitrogens with one attached hydrogen (secondary N) is 7. The Kier molecular flexibility index (Phi) is 26.8. The van der Waals surface area contributed by atoms with E-state index in [1.54, 1.807) is 89.5 Å². The fraction of sp³-hybridized carbons (Fsp3) is 0.559. The lowest BCUT2D eigenvalue weighted by Gasteiger charge is -2.40. The first kappa shape index (κ1) is 74.7. The van der Waals surface area contributed by atoms with Crippen LogP contribution < -0.4 is 42.4 Å². The molecule has 3 aromatic carbocycles. The van der Waals surface area contributed by atoms with Gasteiger partial charge in [-0.1, -0.05) is 148 Å². The zero-order valence-corrected chi connectivity index (χ0v) is 56.6. The topological polar surface area (TPSA) is 331 Å². The number of alkyl carbamates (subject to hydrolysis) is 1. The van der Waals surface area contributed by atoms with Crippen LogP contribution in [-0.2, 0) is 76.4 Å². The molecule has 24 heteroatoms. The lowest BCUT2D eigenvalue weighted by atomic mass is 9.76. The molecule has 2 fully saturated rings. The Hall–Kier alpha value is -7.99. The molecular weight excluding hydrogens is 1200 g/mol. The molecule has 3 aromatic rings. The minimum Gasteiger partial charge on any atom is -0.445 e. The van der Waals surface area contributed by atoms with Gasteiger partial charge in [0, 0.05) is 67.9 Å². The Morgan fingerprint density at radius 2 is 1.43 bits per heavy atom. The molecule has 2 aliphatic rings. The predicted molar refractivity (Wildman–Crippen MR) is 351 cm³/mol. The van der Waals surface area contributed by atoms with Crippen molar-refractivity contribution in [1.82, 2.24) is 41.1 Å². The minimum atomic E-state index is -4.22. The highest BCUT2D eigenvalue weighted by molar-refractivity contribution is 7.89. The molecule has 9 N–H and O–H groups in total. The van der Waals surface area contributed by atoms with Gasteiger partial charge in [-0.3, -0.25) is 43.3 Å². The van der Waals surface area contributed by atoms with Crippen molar-refractivity contribution in [3.63, 3.8) is 0 Å². The highest BCUT2D eigenvalue weighted by atomic mass is 32.2. The normalized spacial score (nSPS) is 16.6. The Labute approximate surface area is 542 Å². The maximum absolute atomic E-state index is 14.4. The summed E-state index contributed by atoms with van der Waals surface area (Å²) in [6, 6.07) is 19.0. The molecule has 0 spiro atoms. The fourth-order valence-corrected chi connectivity index (χ4v) is 12.6. The number of Topliss-reactive ketones (excluding diaryl/α,β-unsaturated/α-hetero) is 1. The van der Waals surface area contributed by atoms with Gasteiger partial charge in [-0.2, -0.15) is 0 Å². The van der Waals surface area contributed by atoms with Crippen molar-refractivity contribution in [3.8, 4) is 0 Å². The van der Waals surface area contributed by atoms with Crippen LogP contribution in [0.1, 0.15) is 163 Å². The van der Waals surface area contributed by atoms with Gasteiger partial charge in [0.05, 0.1) is 29.4 Å². The lowest BCUT2D eigenvalue weighted by Crippen LogP contribution is -2.61. The number of hydrogen-bond acceptors (Lipinski definition) is 14. The van der Waals surface area contributed by atoms with Gasteiger partial charge >= 0.3 is 12.1 Å². The average molecular weight is 1300 g/mol. The van der Waals surface area contributed by atoms with E-state index in [1.807, 2.05) is 78.8 Å². The van der Waals surface area contributed by atoms with E-state index in [-0.39, 0.29) is 97.5 Å². The number of hydrogen-bond donors (Lipinski definition) is 8. The summed E-state index contributed by atoms with van der Waals surface area (Å²) in [5.41, 5.74) is 6.26. The zero-order chi connectivity index (χ0) is 68.5. The Bertz CT molecular complexity index is 3250. The number of nitrogens with two attached hydrogens (primary N) is 1. The van der Waals surface area contributed by atoms with E-state index in [0.717, 1.165) is 11.1 Å². The van der Waals surface area contributed by atoms with E-state index in [1.165, 1.54) is 16.7 Å². The van der Waals surface area contributed by atoms with Gasteiger partial charge in [0.1, 0.15) is 12.6 Å². The number of amides is 10. The van der Waals surface area contributed by atoms with E-state index >= 15 is 0 Å². The van der Waals surface area contributed by atoms with Gasteiger partial charge in [-0.25, -0.2) is 22.7 Å². The number of ketones is 1. The number of urea groups is 1. The summed E-state index contributed by atoms with van der Waals surface area (Å²) in [4.78, 5) is 134. The molecule has 5 rings (SSSR count). The molecule has 0 aromatic heterocycles. The van der Waals surface area contributed by atoms with E-state index in [2.05, 4.69) is 36.6 Å². The van der Waals surface area contributed by atoms with Crippen LogP contribution in [0.3, 0.4) is 0 Å². The number of unbranched alkanes of at least 4 members (excludes halogenated alkanes) is 2.